The van der Waals surface area contributed by atoms with Crippen LogP contribution in [0.5, 0.6) is 0 Å². The first-order valence-electron chi connectivity index (χ1n) is 8.40. The van der Waals surface area contributed by atoms with Crippen molar-refractivity contribution < 1.29 is 23.2 Å². The Morgan fingerprint density at radius 2 is 1.85 bits per heavy atom. The van der Waals surface area contributed by atoms with Gasteiger partial charge in [0.05, 0.1) is 11.4 Å². The fourth-order valence-corrected chi connectivity index (χ4v) is 3.75. The molecule has 0 aromatic heterocycles. The number of likely N-dealkylation sites (N-methyl/N-ethyl adjacent to an activating group) is 1. The van der Waals surface area contributed by atoms with E-state index in [1.807, 2.05) is 6.92 Å². The quantitative estimate of drug-likeness (QED) is 0.257. The van der Waals surface area contributed by atoms with E-state index in [1.165, 1.54) is 17.0 Å². The van der Waals surface area contributed by atoms with Crippen LogP contribution in [-0.2, 0) is 19.6 Å². The van der Waals surface area contributed by atoms with E-state index >= 15 is 0 Å². The number of unbranched alkanes of at least 4 members (excludes halogenated alkanes) is 2. The van der Waals surface area contributed by atoms with E-state index in [0.29, 0.717) is 11.5 Å². The molecule has 0 heterocycles. The van der Waals surface area contributed by atoms with Gasteiger partial charge in [0.1, 0.15) is 5.54 Å². The predicted octanol–water partition coefficient (Wildman–Crippen LogP) is 1.22. The highest BCUT2D eigenvalue weighted by molar-refractivity contribution is 7.90. The molecule has 1 unspecified atom stereocenters. The van der Waals surface area contributed by atoms with Crippen molar-refractivity contribution in [2.45, 2.75) is 43.0 Å². The van der Waals surface area contributed by atoms with Gasteiger partial charge in [0.15, 0.2) is 0 Å². The summed E-state index contributed by atoms with van der Waals surface area (Å²) in [6.45, 7) is 1.66. The van der Waals surface area contributed by atoms with Crippen molar-refractivity contribution in [1.29, 1.82) is 0 Å². The number of benzene rings is 1. The third-order valence-electron chi connectivity index (χ3n) is 4.30. The van der Waals surface area contributed by atoms with Crippen LogP contribution in [0, 0.1) is 0 Å². The molecule has 8 nitrogen and oxygen atoms in total. The van der Waals surface area contributed by atoms with Gasteiger partial charge in [-0.1, -0.05) is 44.4 Å². The van der Waals surface area contributed by atoms with Gasteiger partial charge in [0.25, 0.3) is 15.9 Å². The topological polar surface area (TPSA) is 107 Å². The number of amides is 2. The average Bonchev–Trinajstić information content (AvgIpc) is 2.60. The third-order valence-corrected chi connectivity index (χ3v) is 5.65. The highest BCUT2D eigenvalue weighted by Crippen LogP contribution is 2.23. The van der Waals surface area contributed by atoms with Gasteiger partial charge in [-0.3, -0.25) is 19.7 Å². The Bertz CT molecular complexity index is 694. The number of rotatable bonds is 11. The highest BCUT2D eigenvalue weighted by atomic mass is 32.2. The zero-order valence-electron chi connectivity index (χ0n) is 15.4. The molecule has 146 valence electrons. The second-order valence-corrected chi connectivity index (χ2v) is 8.02. The summed E-state index contributed by atoms with van der Waals surface area (Å²) in [7, 11) is -0.843. The molecule has 0 spiro atoms. The molecule has 0 bridgehead atoms. The maximum Gasteiger partial charge on any atom is 0.264 e. The first-order valence-corrected chi connectivity index (χ1v) is 9.88. The number of nitrogens with one attached hydrogen (secondary N) is 1. The smallest absolute Gasteiger partial charge is 0.264 e. The normalized spacial score (nSPS) is 13.9. The van der Waals surface area contributed by atoms with E-state index < -0.39 is 21.5 Å². The minimum Gasteiger partial charge on any atom is -0.294 e. The molecular formula is C17H27N3O5S. The van der Waals surface area contributed by atoms with Gasteiger partial charge in [0, 0.05) is 0 Å². The van der Waals surface area contributed by atoms with Crippen LogP contribution in [0.4, 0.5) is 0 Å². The lowest BCUT2D eigenvalue weighted by molar-refractivity contribution is -0.161. The highest BCUT2D eigenvalue weighted by Gasteiger charge is 2.43. The molecule has 1 rings (SSSR count). The molecule has 1 aromatic rings. The lowest BCUT2D eigenvalue weighted by Crippen LogP contribution is -2.62. The fraction of sp³-hybridized carbons (Fsp3) is 0.529. The summed E-state index contributed by atoms with van der Waals surface area (Å²) in [5.74, 6) is -0.789. The van der Waals surface area contributed by atoms with Gasteiger partial charge < -0.3 is 0 Å². The largest absolute Gasteiger partial charge is 0.294 e. The predicted molar refractivity (Wildman–Crippen MR) is 96.9 cm³/mol. The number of sulfonamides is 1. The van der Waals surface area contributed by atoms with Gasteiger partial charge in [-0.15, -0.1) is 0 Å². The maximum atomic E-state index is 13.0. The van der Waals surface area contributed by atoms with Crippen LogP contribution < -0.4 is 4.72 Å². The molecule has 0 aliphatic rings. The summed E-state index contributed by atoms with van der Waals surface area (Å²) in [6.07, 6.45) is 2.86. The van der Waals surface area contributed by atoms with Crippen molar-refractivity contribution in [1.82, 2.24) is 14.7 Å². The molecule has 0 aliphatic carbocycles. The molecule has 0 saturated heterocycles. The molecule has 2 amide bonds. The van der Waals surface area contributed by atoms with Crippen molar-refractivity contribution >= 4 is 22.3 Å². The number of carbonyl (C=O) groups is 2. The lowest BCUT2D eigenvalue weighted by Gasteiger charge is -2.39. The van der Waals surface area contributed by atoms with Crippen LogP contribution in [0.25, 0.3) is 0 Å². The van der Waals surface area contributed by atoms with Crippen LogP contribution in [0.15, 0.2) is 35.2 Å². The van der Waals surface area contributed by atoms with Crippen LogP contribution in [-0.4, -0.2) is 62.1 Å². The minimum atomic E-state index is -4.06. The molecule has 1 aromatic carbocycles. The third kappa shape index (κ3) is 5.52. The second-order valence-electron chi connectivity index (χ2n) is 6.33. The molecule has 0 saturated carbocycles. The maximum absolute atomic E-state index is 13.0. The molecule has 1 atom stereocenters. The average molecular weight is 385 g/mol. The van der Waals surface area contributed by atoms with E-state index in [0.717, 1.165) is 12.8 Å². The molecule has 0 fully saturated rings. The molecular weight excluding hydrogens is 358 g/mol. The van der Waals surface area contributed by atoms with Crippen molar-refractivity contribution in [2.75, 3.05) is 20.6 Å². The monoisotopic (exact) mass is 385 g/mol. The number of hydrogen-bond acceptors (Lipinski definition) is 6. The summed E-state index contributed by atoms with van der Waals surface area (Å²) in [5, 5.41) is 10.0. The van der Waals surface area contributed by atoms with E-state index in [1.54, 1.807) is 32.3 Å². The van der Waals surface area contributed by atoms with Gasteiger partial charge in [-0.05, 0) is 32.6 Å². The number of hydroxylamine groups is 2. The lowest BCUT2D eigenvalue weighted by atomic mass is 9.89. The summed E-state index contributed by atoms with van der Waals surface area (Å²) in [5.41, 5.74) is -1.38. The Kier molecular flexibility index (Phi) is 8.19. The Hall–Kier alpha value is -1.97. The number of hydrogen-bond donors (Lipinski definition) is 2. The second kappa shape index (κ2) is 9.65. The SMILES string of the molecule is CCCCCC(CN(O)C=O)(C(=O)NS(=O)(=O)c1ccccc1)N(C)C. The molecule has 9 heteroatoms. The molecule has 2 N–H and O–H groups in total. The molecule has 26 heavy (non-hydrogen) atoms. The molecule has 0 radical (unpaired) electrons. The van der Waals surface area contributed by atoms with Crippen LogP contribution in [0.3, 0.4) is 0 Å². The summed E-state index contributed by atoms with van der Waals surface area (Å²) < 4.78 is 27.1. The zero-order chi connectivity index (χ0) is 19.8. The van der Waals surface area contributed by atoms with Crippen molar-refractivity contribution in [3.8, 4) is 0 Å². The van der Waals surface area contributed by atoms with E-state index in [-0.39, 0.29) is 24.3 Å². The molecule has 0 aliphatic heterocycles. The van der Waals surface area contributed by atoms with Crippen molar-refractivity contribution in [3.63, 3.8) is 0 Å². The van der Waals surface area contributed by atoms with Gasteiger partial charge in [-0.2, -0.15) is 0 Å². The summed E-state index contributed by atoms with van der Waals surface area (Å²) in [4.78, 5) is 25.3. The first kappa shape index (κ1) is 22.1. The van der Waals surface area contributed by atoms with E-state index in [4.69, 9.17) is 0 Å². The number of carbonyl (C=O) groups excluding carboxylic acids is 2. The Balaban J connectivity index is 3.18. The zero-order valence-corrected chi connectivity index (χ0v) is 16.2. The van der Waals surface area contributed by atoms with Crippen molar-refractivity contribution in [3.05, 3.63) is 30.3 Å². The van der Waals surface area contributed by atoms with Gasteiger partial charge in [-0.25, -0.2) is 18.2 Å². The van der Waals surface area contributed by atoms with Crippen LogP contribution in [0.2, 0.25) is 0 Å². The van der Waals surface area contributed by atoms with Gasteiger partial charge >= 0.3 is 0 Å². The Labute approximate surface area is 154 Å². The standard InChI is InChI=1S/C17H27N3O5S/c1-4-5-9-12-17(19(2)3,13-20(23)14-21)16(22)18-26(24,25)15-10-7-6-8-11-15/h6-8,10-11,14,23H,4-5,9,12-13H2,1-3H3,(H,18,22). The summed E-state index contributed by atoms with van der Waals surface area (Å²) >= 11 is 0. The first-order chi connectivity index (χ1) is 12.2. The van der Waals surface area contributed by atoms with E-state index in [9.17, 15) is 23.2 Å². The minimum absolute atomic E-state index is 0.0363. The fourth-order valence-electron chi connectivity index (χ4n) is 2.68. The van der Waals surface area contributed by atoms with Crippen LogP contribution >= 0.6 is 0 Å². The van der Waals surface area contributed by atoms with Gasteiger partial charge in [0.2, 0.25) is 6.41 Å². The van der Waals surface area contributed by atoms with Crippen molar-refractivity contribution in [2.24, 2.45) is 0 Å². The van der Waals surface area contributed by atoms with Crippen LogP contribution in [0.1, 0.15) is 32.6 Å². The Morgan fingerprint density at radius 3 is 2.35 bits per heavy atom. The van der Waals surface area contributed by atoms with E-state index in [2.05, 4.69) is 4.72 Å². The summed E-state index contributed by atoms with van der Waals surface area (Å²) in [6, 6.07) is 7.55. The Morgan fingerprint density at radius 1 is 1.23 bits per heavy atom. The number of nitrogens with zero attached hydrogens (tertiary/aromatic N) is 2.